The van der Waals surface area contributed by atoms with E-state index >= 15 is 0 Å². The molecule has 146 valence electrons. The molecule has 1 aromatic carbocycles. The third-order valence-corrected chi connectivity index (χ3v) is 5.81. The smallest absolute Gasteiger partial charge is 0.276 e. The highest BCUT2D eigenvalue weighted by atomic mass is 16.1. The van der Waals surface area contributed by atoms with Crippen LogP contribution in [0.5, 0.6) is 0 Å². The first-order chi connectivity index (χ1) is 13.6. The Bertz CT molecular complexity index is 1060. The molecule has 2 aliphatic rings. The minimum absolute atomic E-state index is 0.0830. The Hall–Kier alpha value is -2.44. The zero-order chi connectivity index (χ0) is 19.3. The van der Waals surface area contributed by atoms with Crippen LogP contribution in [0.25, 0.3) is 5.65 Å². The minimum Gasteiger partial charge on any atom is -0.305 e. The van der Waals surface area contributed by atoms with Crippen molar-refractivity contribution in [2.75, 3.05) is 20.6 Å². The van der Waals surface area contributed by atoms with Gasteiger partial charge in [-0.05, 0) is 44.5 Å². The van der Waals surface area contributed by atoms with E-state index in [0.717, 1.165) is 55.2 Å². The molecule has 0 atom stereocenters. The number of rotatable bonds is 5. The van der Waals surface area contributed by atoms with Gasteiger partial charge in [0.15, 0.2) is 5.65 Å². The number of hydrogen-bond acceptors (Lipinski definition) is 4. The van der Waals surface area contributed by atoms with Crippen LogP contribution in [0.1, 0.15) is 46.8 Å². The number of fused-ring (bicyclic) bond motifs is 2. The molecule has 3 aromatic rings. The molecule has 0 radical (unpaired) electrons. The van der Waals surface area contributed by atoms with Gasteiger partial charge in [-0.25, -0.2) is 9.50 Å². The predicted molar refractivity (Wildman–Crippen MR) is 109 cm³/mol. The molecular weight excluding hydrogens is 350 g/mol. The van der Waals surface area contributed by atoms with Crippen LogP contribution < -0.4 is 5.56 Å². The van der Waals surface area contributed by atoms with Crippen molar-refractivity contribution in [3.63, 3.8) is 0 Å². The summed E-state index contributed by atoms with van der Waals surface area (Å²) in [5.74, 6) is 0.588. The number of aromatic amines is 1. The number of nitrogens with one attached hydrogen (secondary N) is 1. The molecule has 0 amide bonds. The Morgan fingerprint density at radius 3 is 2.64 bits per heavy atom. The third kappa shape index (κ3) is 3.38. The van der Waals surface area contributed by atoms with E-state index in [9.17, 15) is 4.79 Å². The van der Waals surface area contributed by atoms with Crippen molar-refractivity contribution in [1.82, 2.24) is 24.4 Å². The Balaban J connectivity index is 1.35. The second kappa shape index (κ2) is 6.87. The normalized spacial score (nSPS) is 17.4. The fourth-order valence-corrected chi connectivity index (χ4v) is 4.18. The molecule has 1 saturated carbocycles. The summed E-state index contributed by atoms with van der Waals surface area (Å²) < 4.78 is 1.64. The highest BCUT2D eigenvalue weighted by molar-refractivity contribution is 5.44. The molecule has 6 nitrogen and oxygen atoms in total. The van der Waals surface area contributed by atoms with Gasteiger partial charge in [-0.2, -0.15) is 0 Å². The summed E-state index contributed by atoms with van der Waals surface area (Å²) >= 11 is 0. The van der Waals surface area contributed by atoms with E-state index in [-0.39, 0.29) is 5.56 Å². The van der Waals surface area contributed by atoms with E-state index in [2.05, 4.69) is 59.3 Å². The molecule has 0 unspecified atom stereocenters. The predicted octanol–water partition coefficient (Wildman–Crippen LogP) is 2.52. The van der Waals surface area contributed by atoms with E-state index in [1.807, 2.05) is 0 Å². The molecular formula is C22H27N5O. The average molecular weight is 377 g/mol. The first kappa shape index (κ1) is 17.6. The first-order valence-electron chi connectivity index (χ1n) is 10.1. The van der Waals surface area contributed by atoms with Crippen molar-refractivity contribution in [3.8, 4) is 0 Å². The highest BCUT2D eigenvalue weighted by Crippen LogP contribution is 2.39. The maximum absolute atomic E-state index is 12.9. The van der Waals surface area contributed by atoms with Crippen LogP contribution >= 0.6 is 0 Å². The van der Waals surface area contributed by atoms with Gasteiger partial charge in [0.1, 0.15) is 0 Å². The lowest BCUT2D eigenvalue weighted by Gasteiger charge is -2.27. The quantitative estimate of drug-likeness (QED) is 0.742. The molecule has 28 heavy (non-hydrogen) atoms. The van der Waals surface area contributed by atoms with Crippen LogP contribution in [-0.2, 0) is 26.1 Å². The van der Waals surface area contributed by atoms with E-state index in [4.69, 9.17) is 4.98 Å². The van der Waals surface area contributed by atoms with Crippen molar-refractivity contribution in [2.24, 2.45) is 0 Å². The standard InChI is InChI=1S/C22H27N5O/c1-25(2)12-15-3-5-16(6-4-15)13-26-10-9-18-20(14-26)23-21-11-19(17-7-8-17)24-27(21)22(18)28/h3-6,11,17,24H,7-10,12-14H2,1-2H3. The second-order valence-corrected chi connectivity index (χ2v) is 8.54. The van der Waals surface area contributed by atoms with Gasteiger partial charge in [0, 0.05) is 49.4 Å². The molecule has 6 heteroatoms. The minimum atomic E-state index is 0.0830. The Morgan fingerprint density at radius 1 is 1.18 bits per heavy atom. The zero-order valence-electron chi connectivity index (χ0n) is 16.6. The Morgan fingerprint density at radius 2 is 1.93 bits per heavy atom. The summed E-state index contributed by atoms with van der Waals surface area (Å²) in [6.07, 6.45) is 3.19. The second-order valence-electron chi connectivity index (χ2n) is 8.54. The fourth-order valence-electron chi connectivity index (χ4n) is 4.18. The fraction of sp³-hybridized carbons (Fsp3) is 0.455. The van der Waals surface area contributed by atoms with Crippen LogP contribution in [0.2, 0.25) is 0 Å². The highest BCUT2D eigenvalue weighted by Gasteiger charge is 2.27. The molecule has 3 heterocycles. The number of nitrogens with zero attached hydrogens (tertiary/aromatic N) is 4. The van der Waals surface area contributed by atoms with Gasteiger partial charge in [-0.1, -0.05) is 24.3 Å². The zero-order valence-corrected chi connectivity index (χ0v) is 16.6. The van der Waals surface area contributed by atoms with Gasteiger partial charge >= 0.3 is 0 Å². The topological polar surface area (TPSA) is 56.6 Å². The van der Waals surface area contributed by atoms with Crippen molar-refractivity contribution < 1.29 is 0 Å². The Kier molecular flexibility index (Phi) is 4.33. The lowest BCUT2D eigenvalue weighted by molar-refractivity contribution is 0.240. The summed E-state index contributed by atoms with van der Waals surface area (Å²) in [5.41, 5.74) is 6.46. The number of hydrogen-bond donors (Lipinski definition) is 1. The van der Waals surface area contributed by atoms with Gasteiger partial charge < -0.3 is 4.90 Å². The van der Waals surface area contributed by atoms with Crippen LogP contribution in [0.15, 0.2) is 35.1 Å². The molecule has 5 rings (SSSR count). The summed E-state index contributed by atoms with van der Waals surface area (Å²) in [4.78, 5) is 22.3. The van der Waals surface area contributed by atoms with Gasteiger partial charge in [0.05, 0.1) is 5.69 Å². The molecule has 0 bridgehead atoms. The lowest BCUT2D eigenvalue weighted by atomic mass is 10.0. The van der Waals surface area contributed by atoms with E-state index in [0.29, 0.717) is 5.92 Å². The molecule has 1 aliphatic carbocycles. The number of H-pyrrole nitrogens is 1. The maximum atomic E-state index is 12.9. The monoisotopic (exact) mass is 377 g/mol. The number of benzene rings is 1. The molecule has 1 N–H and O–H groups in total. The van der Waals surface area contributed by atoms with E-state index < -0.39 is 0 Å². The lowest BCUT2D eigenvalue weighted by Crippen LogP contribution is -2.36. The Labute approximate surface area is 164 Å². The summed E-state index contributed by atoms with van der Waals surface area (Å²) in [6, 6.07) is 10.9. The van der Waals surface area contributed by atoms with Crippen LogP contribution in [0, 0.1) is 0 Å². The van der Waals surface area contributed by atoms with Crippen molar-refractivity contribution >= 4 is 5.65 Å². The van der Waals surface area contributed by atoms with E-state index in [1.165, 1.54) is 24.0 Å². The van der Waals surface area contributed by atoms with Crippen molar-refractivity contribution in [3.05, 3.63) is 68.8 Å². The molecule has 2 aromatic heterocycles. The third-order valence-electron chi connectivity index (χ3n) is 5.81. The SMILES string of the molecule is CN(C)Cc1ccc(CN2CCc3c(nc4cc(C5CC5)[nH]n4c3=O)C2)cc1. The van der Waals surface area contributed by atoms with Crippen molar-refractivity contribution in [1.29, 1.82) is 0 Å². The van der Waals surface area contributed by atoms with Gasteiger partial charge in [-0.3, -0.25) is 14.8 Å². The molecule has 1 aliphatic heterocycles. The van der Waals surface area contributed by atoms with Gasteiger partial charge in [0.25, 0.3) is 5.56 Å². The molecule has 1 fully saturated rings. The summed E-state index contributed by atoms with van der Waals surface area (Å²) in [7, 11) is 4.17. The summed E-state index contributed by atoms with van der Waals surface area (Å²) in [5, 5.41) is 3.27. The maximum Gasteiger partial charge on any atom is 0.276 e. The molecule has 0 spiro atoms. The number of aromatic nitrogens is 3. The molecule has 0 saturated heterocycles. The van der Waals surface area contributed by atoms with Crippen molar-refractivity contribution in [2.45, 2.75) is 44.8 Å². The average Bonchev–Trinajstić information content (AvgIpc) is 3.43. The van der Waals surface area contributed by atoms with Crippen LogP contribution in [-0.4, -0.2) is 45.0 Å². The van der Waals surface area contributed by atoms with Gasteiger partial charge in [-0.15, -0.1) is 0 Å². The van der Waals surface area contributed by atoms with Crippen LogP contribution in [0.3, 0.4) is 0 Å². The summed E-state index contributed by atoms with van der Waals surface area (Å²) in [6.45, 7) is 3.49. The largest absolute Gasteiger partial charge is 0.305 e. The van der Waals surface area contributed by atoms with Gasteiger partial charge in [0.2, 0.25) is 0 Å². The first-order valence-corrected chi connectivity index (χ1v) is 10.1. The van der Waals surface area contributed by atoms with E-state index in [1.54, 1.807) is 4.52 Å². The van der Waals surface area contributed by atoms with Crippen LogP contribution in [0.4, 0.5) is 0 Å².